The number of rotatable bonds is 6. The van der Waals surface area contributed by atoms with E-state index in [0.717, 1.165) is 29.7 Å². The third-order valence-corrected chi connectivity index (χ3v) is 4.44. The highest BCUT2D eigenvalue weighted by molar-refractivity contribution is 7.82. The summed E-state index contributed by atoms with van der Waals surface area (Å²) in [7, 11) is 0. The number of anilines is 1. The molecule has 0 saturated carbocycles. The van der Waals surface area contributed by atoms with E-state index in [2.05, 4.69) is 77.9 Å². The standard InChI is InChI=1S/C18H30N2OS/c1-7-14(8-2)19-18(21)20(22)17-15(12(3)4)10-9-11-16(17)13(5)6/h9-14,22H,7-8H2,1-6H3,(H,19,21). The van der Waals surface area contributed by atoms with E-state index in [1.54, 1.807) is 0 Å². The van der Waals surface area contributed by atoms with Crippen molar-refractivity contribution in [2.24, 2.45) is 0 Å². The number of thiol groups is 1. The fourth-order valence-corrected chi connectivity index (χ4v) is 2.88. The molecule has 124 valence electrons. The highest BCUT2D eigenvalue weighted by Gasteiger charge is 2.23. The number of carbonyl (C=O) groups excluding carboxylic acids is 1. The van der Waals surface area contributed by atoms with Crippen molar-refractivity contribution in [3.8, 4) is 0 Å². The molecule has 3 nitrogen and oxygen atoms in total. The quantitative estimate of drug-likeness (QED) is 0.668. The molecular formula is C18H30N2OS. The topological polar surface area (TPSA) is 32.3 Å². The van der Waals surface area contributed by atoms with Crippen LogP contribution in [0.4, 0.5) is 10.5 Å². The van der Waals surface area contributed by atoms with Crippen molar-refractivity contribution in [3.05, 3.63) is 29.3 Å². The Kier molecular flexibility index (Phi) is 7.27. The summed E-state index contributed by atoms with van der Waals surface area (Å²) in [6, 6.07) is 6.27. The first-order valence-electron chi connectivity index (χ1n) is 8.25. The van der Waals surface area contributed by atoms with E-state index in [-0.39, 0.29) is 12.1 Å². The predicted octanol–water partition coefficient (Wildman–Crippen LogP) is 5.48. The zero-order chi connectivity index (χ0) is 16.9. The van der Waals surface area contributed by atoms with E-state index in [1.807, 2.05) is 0 Å². The van der Waals surface area contributed by atoms with Crippen molar-refractivity contribution in [2.45, 2.75) is 72.3 Å². The van der Waals surface area contributed by atoms with E-state index in [9.17, 15) is 4.79 Å². The lowest BCUT2D eigenvalue weighted by atomic mass is 9.92. The molecule has 0 saturated heterocycles. The van der Waals surface area contributed by atoms with E-state index < -0.39 is 0 Å². The molecule has 1 aromatic rings. The Hall–Kier alpha value is -1.16. The molecule has 4 heteroatoms. The zero-order valence-corrected chi connectivity index (χ0v) is 15.6. The number of nitrogens with one attached hydrogen (secondary N) is 1. The average molecular weight is 323 g/mol. The van der Waals surface area contributed by atoms with Crippen LogP contribution in [0.1, 0.15) is 77.3 Å². The largest absolute Gasteiger partial charge is 0.334 e. The van der Waals surface area contributed by atoms with Gasteiger partial charge in [0.05, 0.1) is 5.69 Å². The van der Waals surface area contributed by atoms with E-state index in [1.165, 1.54) is 4.31 Å². The van der Waals surface area contributed by atoms with Gasteiger partial charge in [0.15, 0.2) is 0 Å². The normalized spacial score (nSPS) is 11.4. The molecule has 0 bridgehead atoms. The number of amides is 2. The molecule has 0 aliphatic rings. The molecule has 0 atom stereocenters. The van der Waals surface area contributed by atoms with Gasteiger partial charge in [0.1, 0.15) is 0 Å². The lowest BCUT2D eigenvalue weighted by molar-refractivity contribution is 0.245. The fourth-order valence-electron chi connectivity index (χ4n) is 2.59. The highest BCUT2D eigenvalue weighted by atomic mass is 32.1. The Morgan fingerprint density at radius 2 is 1.55 bits per heavy atom. The molecule has 0 aliphatic heterocycles. The Labute approximate surface area is 141 Å². The molecule has 0 unspecified atom stereocenters. The number of hydrogen-bond donors (Lipinski definition) is 2. The van der Waals surface area contributed by atoms with Crippen LogP contribution in [0.25, 0.3) is 0 Å². The molecule has 22 heavy (non-hydrogen) atoms. The van der Waals surface area contributed by atoms with Crippen molar-refractivity contribution < 1.29 is 4.79 Å². The van der Waals surface area contributed by atoms with Gasteiger partial charge >= 0.3 is 6.03 Å². The second-order valence-electron chi connectivity index (χ2n) is 6.37. The van der Waals surface area contributed by atoms with Crippen molar-refractivity contribution >= 4 is 24.5 Å². The summed E-state index contributed by atoms with van der Waals surface area (Å²) in [4.78, 5) is 12.6. The SMILES string of the molecule is CCC(CC)NC(=O)N(S)c1c(C(C)C)cccc1C(C)C. The molecule has 1 rings (SSSR count). The summed E-state index contributed by atoms with van der Waals surface area (Å²) in [5, 5.41) is 3.06. The van der Waals surface area contributed by atoms with Gasteiger partial charge in [-0.1, -0.05) is 72.6 Å². The van der Waals surface area contributed by atoms with Crippen molar-refractivity contribution in [1.82, 2.24) is 5.32 Å². The van der Waals surface area contributed by atoms with Crippen LogP contribution in [0.3, 0.4) is 0 Å². The molecule has 1 N–H and O–H groups in total. The molecule has 0 radical (unpaired) electrons. The first-order valence-corrected chi connectivity index (χ1v) is 8.65. The minimum absolute atomic E-state index is 0.146. The first-order chi connectivity index (χ1) is 10.3. The minimum Gasteiger partial charge on any atom is -0.334 e. The van der Waals surface area contributed by atoms with Gasteiger partial charge in [-0.15, -0.1) is 0 Å². The molecule has 1 aromatic carbocycles. The van der Waals surface area contributed by atoms with E-state index in [0.29, 0.717) is 11.8 Å². The van der Waals surface area contributed by atoms with Crippen LogP contribution in [-0.2, 0) is 0 Å². The van der Waals surface area contributed by atoms with Gasteiger partial charge in [0.25, 0.3) is 0 Å². The maximum absolute atomic E-state index is 12.6. The van der Waals surface area contributed by atoms with Gasteiger partial charge in [-0.2, -0.15) is 0 Å². The van der Waals surface area contributed by atoms with Gasteiger partial charge in [0.2, 0.25) is 0 Å². The second kappa shape index (κ2) is 8.47. The number of benzene rings is 1. The summed E-state index contributed by atoms with van der Waals surface area (Å²) < 4.78 is 1.49. The number of hydrogen-bond acceptors (Lipinski definition) is 2. The van der Waals surface area contributed by atoms with Crippen LogP contribution in [0.15, 0.2) is 18.2 Å². The van der Waals surface area contributed by atoms with Crippen LogP contribution in [-0.4, -0.2) is 12.1 Å². The Morgan fingerprint density at radius 1 is 1.09 bits per heavy atom. The van der Waals surface area contributed by atoms with Crippen LogP contribution >= 0.6 is 12.8 Å². The predicted molar refractivity (Wildman–Crippen MR) is 99.0 cm³/mol. The minimum atomic E-state index is -0.146. The highest BCUT2D eigenvalue weighted by Crippen LogP contribution is 2.36. The average Bonchev–Trinajstić information content (AvgIpc) is 2.50. The number of nitrogens with zero attached hydrogens (tertiary/aromatic N) is 1. The maximum atomic E-state index is 12.6. The third kappa shape index (κ3) is 4.42. The first kappa shape index (κ1) is 18.9. The van der Waals surface area contributed by atoms with Gasteiger partial charge < -0.3 is 5.32 Å². The second-order valence-corrected chi connectivity index (χ2v) is 6.77. The summed E-state index contributed by atoms with van der Waals surface area (Å²) in [5.41, 5.74) is 3.24. The van der Waals surface area contributed by atoms with Gasteiger partial charge in [-0.05, 0) is 35.8 Å². The zero-order valence-electron chi connectivity index (χ0n) is 14.7. The van der Waals surface area contributed by atoms with Crippen LogP contribution in [0.5, 0.6) is 0 Å². The lowest BCUT2D eigenvalue weighted by Gasteiger charge is -2.27. The molecule has 2 amide bonds. The fraction of sp³-hybridized carbons (Fsp3) is 0.611. The summed E-state index contributed by atoms with van der Waals surface area (Å²) >= 11 is 4.52. The van der Waals surface area contributed by atoms with Crippen molar-refractivity contribution in [1.29, 1.82) is 0 Å². The summed E-state index contributed by atoms with van der Waals surface area (Å²) in [5.74, 6) is 0.675. The van der Waals surface area contributed by atoms with Crippen LogP contribution in [0.2, 0.25) is 0 Å². The van der Waals surface area contributed by atoms with Crippen molar-refractivity contribution in [3.63, 3.8) is 0 Å². The smallest absolute Gasteiger partial charge is 0.332 e. The van der Waals surface area contributed by atoms with Crippen LogP contribution in [0, 0.1) is 0 Å². The van der Waals surface area contributed by atoms with Crippen molar-refractivity contribution in [2.75, 3.05) is 4.31 Å². The molecule has 0 fully saturated rings. The van der Waals surface area contributed by atoms with Gasteiger partial charge in [0, 0.05) is 6.04 Å². The van der Waals surface area contributed by atoms with Gasteiger partial charge in [-0.25, -0.2) is 9.10 Å². The molecule has 0 heterocycles. The number of carbonyl (C=O) groups is 1. The number of urea groups is 1. The van der Waals surface area contributed by atoms with E-state index >= 15 is 0 Å². The van der Waals surface area contributed by atoms with E-state index in [4.69, 9.17) is 0 Å². The Morgan fingerprint density at radius 3 is 1.91 bits per heavy atom. The third-order valence-electron chi connectivity index (χ3n) is 4.06. The van der Waals surface area contributed by atoms with Gasteiger partial charge in [-0.3, -0.25) is 0 Å². The molecule has 0 aromatic heterocycles. The molecule has 0 aliphatic carbocycles. The maximum Gasteiger partial charge on any atom is 0.332 e. The monoisotopic (exact) mass is 322 g/mol. The molecular weight excluding hydrogens is 292 g/mol. The summed E-state index contributed by atoms with van der Waals surface area (Å²) in [6.45, 7) is 12.7. The summed E-state index contributed by atoms with van der Waals surface area (Å²) in [6.07, 6.45) is 1.85. The lowest BCUT2D eigenvalue weighted by Crippen LogP contribution is -2.41. The van der Waals surface area contributed by atoms with Crippen LogP contribution < -0.4 is 9.62 Å². The molecule has 0 spiro atoms. The Balaban J connectivity index is 3.19. The Bertz CT molecular complexity index is 470. The number of para-hydroxylation sites is 1.